The lowest BCUT2D eigenvalue weighted by atomic mass is 10.3. The van der Waals surface area contributed by atoms with E-state index in [0.717, 1.165) is 24.5 Å². The van der Waals surface area contributed by atoms with E-state index in [4.69, 9.17) is 4.52 Å². The quantitative estimate of drug-likeness (QED) is 0.782. The van der Waals surface area contributed by atoms with Gasteiger partial charge in [0.1, 0.15) is 5.76 Å². The molecule has 1 aromatic rings. The van der Waals surface area contributed by atoms with Gasteiger partial charge in [-0.25, -0.2) is 0 Å². The van der Waals surface area contributed by atoms with Crippen molar-refractivity contribution in [2.45, 2.75) is 27.3 Å². The molecule has 16 heavy (non-hydrogen) atoms. The standard InChI is InChI=1S/C11H19N3O2/c1-4-14(5-2)11(15)8-12-7-10-6-9(3)16-13-10/h6,12H,4-5,7-8H2,1-3H3. The lowest BCUT2D eigenvalue weighted by Crippen LogP contribution is -2.37. The van der Waals surface area contributed by atoms with Crippen LogP contribution < -0.4 is 5.32 Å². The molecule has 0 aliphatic heterocycles. The van der Waals surface area contributed by atoms with Gasteiger partial charge in [0.15, 0.2) is 0 Å². The van der Waals surface area contributed by atoms with Gasteiger partial charge in [0.25, 0.3) is 0 Å². The van der Waals surface area contributed by atoms with Crippen LogP contribution in [0, 0.1) is 6.92 Å². The van der Waals surface area contributed by atoms with E-state index in [1.54, 1.807) is 4.90 Å². The molecule has 0 aliphatic carbocycles. The van der Waals surface area contributed by atoms with Crippen LogP contribution in [0.25, 0.3) is 0 Å². The number of likely N-dealkylation sites (N-methyl/N-ethyl adjacent to an activating group) is 1. The average molecular weight is 225 g/mol. The Morgan fingerprint density at radius 2 is 2.19 bits per heavy atom. The first kappa shape index (κ1) is 12.7. The summed E-state index contributed by atoms with van der Waals surface area (Å²) in [5.74, 6) is 0.900. The minimum Gasteiger partial charge on any atom is -0.361 e. The number of carbonyl (C=O) groups is 1. The topological polar surface area (TPSA) is 58.4 Å². The predicted molar refractivity (Wildman–Crippen MR) is 60.9 cm³/mol. The lowest BCUT2D eigenvalue weighted by Gasteiger charge is -2.18. The van der Waals surface area contributed by atoms with Gasteiger partial charge in [0.05, 0.1) is 12.2 Å². The molecule has 0 radical (unpaired) electrons. The third-order valence-corrected chi connectivity index (χ3v) is 2.38. The molecule has 5 nitrogen and oxygen atoms in total. The lowest BCUT2D eigenvalue weighted by molar-refractivity contribution is -0.129. The number of hydrogen-bond donors (Lipinski definition) is 1. The van der Waals surface area contributed by atoms with Gasteiger partial charge < -0.3 is 14.7 Å². The Morgan fingerprint density at radius 3 is 2.69 bits per heavy atom. The number of aromatic nitrogens is 1. The van der Waals surface area contributed by atoms with E-state index in [1.165, 1.54) is 0 Å². The molecule has 0 atom stereocenters. The number of hydrogen-bond acceptors (Lipinski definition) is 4. The Labute approximate surface area is 95.8 Å². The van der Waals surface area contributed by atoms with Crippen molar-refractivity contribution in [3.8, 4) is 0 Å². The summed E-state index contributed by atoms with van der Waals surface area (Å²) in [7, 11) is 0. The van der Waals surface area contributed by atoms with Gasteiger partial charge in [-0.1, -0.05) is 5.16 Å². The number of rotatable bonds is 6. The van der Waals surface area contributed by atoms with E-state index in [1.807, 2.05) is 26.8 Å². The van der Waals surface area contributed by atoms with Crippen LogP contribution >= 0.6 is 0 Å². The summed E-state index contributed by atoms with van der Waals surface area (Å²) in [6.07, 6.45) is 0. The van der Waals surface area contributed by atoms with Gasteiger partial charge in [-0.3, -0.25) is 4.79 Å². The number of carbonyl (C=O) groups excluding carboxylic acids is 1. The van der Waals surface area contributed by atoms with Crippen LogP contribution in [0.1, 0.15) is 25.3 Å². The second kappa shape index (κ2) is 6.27. The van der Waals surface area contributed by atoms with Crippen LogP contribution in [0.4, 0.5) is 0 Å². The van der Waals surface area contributed by atoms with Crippen molar-refractivity contribution in [2.24, 2.45) is 0 Å². The third kappa shape index (κ3) is 3.66. The van der Waals surface area contributed by atoms with Gasteiger partial charge in [-0.05, 0) is 20.8 Å². The normalized spacial score (nSPS) is 10.4. The average Bonchev–Trinajstić information content (AvgIpc) is 2.66. The zero-order valence-electron chi connectivity index (χ0n) is 10.1. The summed E-state index contributed by atoms with van der Waals surface area (Å²) in [5.41, 5.74) is 0.824. The molecule has 0 saturated carbocycles. The highest BCUT2D eigenvalue weighted by Gasteiger charge is 2.08. The second-order valence-corrected chi connectivity index (χ2v) is 3.60. The molecule has 1 rings (SSSR count). The Kier molecular flexibility index (Phi) is 4.98. The largest absolute Gasteiger partial charge is 0.361 e. The van der Waals surface area contributed by atoms with Crippen LogP contribution in [-0.2, 0) is 11.3 Å². The van der Waals surface area contributed by atoms with Gasteiger partial charge in [0, 0.05) is 25.7 Å². The minimum absolute atomic E-state index is 0.116. The molecule has 90 valence electrons. The van der Waals surface area contributed by atoms with Crippen molar-refractivity contribution in [1.82, 2.24) is 15.4 Å². The summed E-state index contributed by atoms with van der Waals surface area (Å²) in [6.45, 7) is 8.19. The summed E-state index contributed by atoms with van der Waals surface area (Å²) in [6, 6.07) is 1.86. The van der Waals surface area contributed by atoms with Crippen molar-refractivity contribution < 1.29 is 9.32 Å². The van der Waals surface area contributed by atoms with Gasteiger partial charge in [-0.2, -0.15) is 0 Å². The minimum atomic E-state index is 0.116. The van der Waals surface area contributed by atoms with E-state index in [0.29, 0.717) is 13.1 Å². The molecular weight excluding hydrogens is 206 g/mol. The maximum atomic E-state index is 11.6. The van der Waals surface area contributed by atoms with Crippen molar-refractivity contribution in [2.75, 3.05) is 19.6 Å². The number of nitrogens with one attached hydrogen (secondary N) is 1. The fraction of sp³-hybridized carbons (Fsp3) is 0.636. The molecule has 0 fully saturated rings. The highest BCUT2D eigenvalue weighted by molar-refractivity contribution is 5.78. The molecule has 0 unspecified atom stereocenters. The summed E-state index contributed by atoms with van der Waals surface area (Å²) < 4.78 is 4.93. The van der Waals surface area contributed by atoms with E-state index in [-0.39, 0.29) is 5.91 Å². The molecule has 0 spiro atoms. The maximum Gasteiger partial charge on any atom is 0.236 e. The Bertz CT molecular complexity index is 332. The van der Waals surface area contributed by atoms with Crippen LogP contribution in [0.3, 0.4) is 0 Å². The van der Waals surface area contributed by atoms with E-state index >= 15 is 0 Å². The first-order valence-corrected chi connectivity index (χ1v) is 5.58. The zero-order valence-corrected chi connectivity index (χ0v) is 10.1. The van der Waals surface area contributed by atoms with Crippen molar-refractivity contribution in [1.29, 1.82) is 0 Å². The number of nitrogens with zero attached hydrogens (tertiary/aromatic N) is 2. The van der Waals surface area contributed by atoms with Crippen LogP contribution in [0.15, 0.2) is 10.6 Å². The zero-order chi connectivity index (χ0) is 12.0. The van der Waals surface area contributed by atoms with Crippen molar-refractivity contribution >= 4 is 5.91 Å². The van der Waals surface area contributed by atoms with Gasteiger partial charge in [0.2, 0.25) is 5.91 Å². The molecule has 0 bridgehead atoms. The fourth-order valence-electron chi connectivity index (χ4n) is 1.49. The van der Waals surface area contributed by atoms with Gasteiger partial charge in [-0.15, -0.1) is 0 Å². The number of amides is 1. The highest BCUT2D eigenvalue weighted by atomic mass is 16.5. The molecule has 0 saturated heterocycles. The molecule has 1 amide bonds. The Morgan fingerprint density at radius 1 is 1.50 bits per heavy atom. The molecule has 1 aromatic heterocycles. The summed E-state index contributed by atoms with van der Waals surface area (Å²) in [4.78, 5) is 13.4. The third-order valence-electron chi connectivity index (χ3n) is 2.38. The first-order valence-electron chi connectivity index (χ1n) is 5.58. The van der Waals surface area contributed by atoms with Crippen molar-refractivity contribution in [3.63, 3.8) is 0 Å². The van der Waals surface area contributed by atoms with Gasteiger partial charge >= 0.3 is 0 Å². The first-order chi connectivity index (χ1) is 7.67. The smallest absolute Gasteiger partial charge is 0.236 e. The monoisotopic (exact) mass is 225 g/mol. The predicted octanol–water partition coefficient (Wildman–Crippen LogP) is 0.941. The Hall–Kier alpha value is -1.36. The van der Waals surface area contributed by atoms with E-state index in [9.17, 15) is 4.79 Å². The van der Waals surface area contributed by atoms with E-state index in [2.05, 4.69) is 10.5 Å². The van der Waals surface area contributed by atoms with Crippen LogP contribution in [0.5, 0.6) is 0 Å². The highest BCUT2D eigenvalue weighted by Crippen LogP contribution is 2.00. The summed E-state index contributed by atoms with van der Waals surface area (Å²) >= 11 is 0. The Balaban J connectivity index is 2.27. The molecule has 1 heterocycles. The van der Waals surface area contributed by atoms with Crippen LogP contribution in [0.2, 0.25) is 0 Å². The fourth-order valence-corrected chi connectivity index (χ4v) is 1.49. The van der Waals surface area contributed by atoms with E-state index < -0.39 is 0 Å². The van der Waals surface area contributed by atoms with Crippen molar-refractivity contribution in [3.05, 3.63) is 17.5 Å². The van der Waals surface area contributed by atoms with Crippen LogP contribution in [-0.4, -0.2) is 35.6 Å². The molecule has 1 N–H and O–H groups in total. The molecular formula is C11H19N3O2. The molecule has 0 aromatic carbocycles. The SMILES string of the molecule is CCN(CC)C(=O)CNCc1cc(C)on1. The molecule has 0 aliphatic rings. The maximum absolute atomic E-state index is 11.6. The molecule has 5 heteroatoms. The second-order valence-electron chi connectivity index (χ2n) is 3.60. The summed E-state index contributed by atoms with van der Waals surface area (Å²) in [5, 5.41) is 6.89. The number of aryl methyl sites for hydroxylation is 1.